The molecule has 15 rings (SSSR count). The number of nitrogens with zero attached hydrogens (tertiary/aromatic N) is 4. The molecule has 0 aliphatic rings. The number of para-hydroxylation sites is 2. The molecule has 15 aromatic rings. The Balaban J connectivity index is 1.13. The average Bonchev–Trinajstić information content (AvgIpc) is 4.13. The van der Waals surface area contributed by atoms with Crippen LogP contribution in [0.1, 0.15) is 52.7 Å². The summed E-state index contributed by atoms with van der Waals surface area (Å²) in [6.45, 7) is 14.1. The van der Waals surface area contributed by atoms with E-state index in [1.54, 1.807) is 0 Å². The molecule has 9 aromatic carbocycles. The lowest BCUT2D eigenvalue weighted by atomic mass is 9.83. The van der Waals surface area contributed by atoms with Crippen molar-refractivity contribution in [2.45, 2.75) is 52.4 Å². The number of rotatable bonds is 2. The molecule has 4 heteroatoms. The second-order valence-corrected chi connectivity index (χ2v) is 21.2. The summed E-state index contributed by atoms with van der Waals surface area (Å²) in [6.07, 6.45) is 2.19. The van der Waals surface area contributed by atoms with E-state index in [4.69, 9.17) is 4.98 Å². The molecular formula is C63H46N4. The Morgan fingerprint density at radius 2 is 0.970 bits per heavy atom. The minimum Gasteiger partial charge on any atom is -0.309 e. The Hall–Kier alpha value is -7.95. The first-order valence-corrected chi connectivity index (χ1v) is 23.7. The highest BCUT2D eigenvalue weighted by Crippen LogP contribution is 2.51. The molecule has 0 bridgehead atoms. The number of aromatic nitrogens is 4. The molecule has 0 amide bonds. The summed E-state index contributed by atoms with van der Waals surface area (Å²) in [4.78, 5) is 5.60. The maximum absolute atomic E-state index is 5.60. The van der Waals surface area contributed by atoms with Crippen LogP contribution >= 0.6 is 0 Å². The minimum atomic E-state index is -0.0840. The topological polar surface area (TPSA) is 26.6 Å². The highest BCUT2D eigenvalue weighted by molar-refractivity contribution is 6.40. The van der Waals surface area contributed by atoms with Crippen LogP contribution in [0.2, 0.25) is 0 Å². The van der Waals surface area contributed by atoms with Crippen LogP contribution in [0.5, 0.6) is 0 Å². The Bertz CT molecular complexity index is 4620. The van der Waals surface area contributed by atoms with Gasteiger partial charge in [0.2, 0.25) is 0 Å². The van der Waals surface area contributed by atoms with Crippen molar-refractivity contribution in [3.63, 3.8) is 0 Å². The van der Waals surface area contributed by atoms with E-state index in [2.05, 4.69) is 225 Å². The largest absolute Gasteiger partial charge is 0.309 e. The Kier molecular flexibility index (Phi) is 6.94. The van der Waals surface area contributed by atoms with Crippen LogP contribution in [-0.2, 0) is 10.8 Å². The summed E-state index contributed by atoms with van der Waals surface area (Å²) in [5.74, 6) is 0. The van der Waals surface area contributed by atoms with Crippen LogP contribution in [0.3, 0.4) is 0 Å². The van der Waals surface area contributed by atoms with Crippen molar-refractivity contribution in [3.8, 4) is 16.8 Å². The van der Waals surface area contributed by atoms with Gasteiger partial charge in [0.05, 0.1) is 44.8 Å². The van der Waals surface area contributed by atoms with Crippen LogP contribution in [-0.4, -0.2) is 18.4 Å². The maximum Gasteiger partial charge on any atom is 0.146 e. The molecule has 0 aliphatic heterocycles. The Morgan fingerprint density at radius 1 is 0.373 bits per heavy atom. The van der Waals surface area contributed by atoms with Crippen molar-refractivity contribution >= 4 is 120 Å². The molecule has 0 aliphatic carbocycles. The van der Waals surface area contributed by atoms with Crippen LogP contribution in [0.25, 0.3) is 136 Å². The molecule has 318 valence electrons. The molecule has 0 radical (unpaired) electrons. The van der Waals surface area contributed by atoms with Gasteiger partial charge in [0.1, 0.15) is 5.65 Å². The lowest BCUT2D eigenvalue weighted by Gasteiger charge is -2.22. The van der Waals surface area contributed by atoms with E-state index in [1.165, 1.54) is 136 Å². The molecule has 0 saturated carbocycles. The molecule has 0 spiro atoms. The van der Waals surface area contributed by atoms with Gasteiger partial charge in [-0.05, 0) is 116 Å². The summed E-state index contributed by atoms with van der Waals surface area (Å²) >= 11 is 0. The quantitative estimate of drug-likeness (QED) is 0.170. The van der Waals surface area contributed by atoms with E-state index in [1.807, 2.05) is 0 Å². The summed E-state index contributed by atoms with van der Waals surface area (Å²) < 4.78 is 7.48. The highest BCUT2D eigenvalue weighted by atomic mass is 15.0. The first-order valence-electron chi connectivity index (χ1n) is 23.7. The molecule has 0 saturated heterocycles. The number of hydrogen-bond acceptors (Lipinski definition) is 1. The molecule has 0 fully saturated rings. The lowest BCUT2D eigenvalue weighted by molar-refractivity contribution is 0.591. The first-order chi connectivity index (χ1) is 32.5. The van der Waals surface area contributed by atoms with Gasteiger partial charge >= 0.3 is 0 Å². The van der Waals surface area contributed by atoms with Gasteiger partial charge in [-0.15, -0.1) is 0 Å². The normalized spacial score (nSPS) is 13.2. The van der Waals surface area contributed by atoms with Crippen LogP contribution in [0.15, 0.2) is 170 Å². The average molecular weight is 859 g/mol. The monoisotopic (exact) mass is 858 g/mol. The van der Waals surface area contributed by atoms with Gasteiger partial charge in [-0.1, -0.05) is 139 Å². The second kappa shape index (κ2) is 12.5. The second-order valence-electron chi connectivity index (χ2n) is 21.2. The van der Waals surface area contributed by atoms with Crippen molar-refractivity contribution in [3.05, 3.63) is 181 Å². The van der Waals surface area contributed by atoms with E-state index >= 15 is 0 Å². The zero-order chi connectivity index (χ0) is 44.8. The fraction of sp³-hybridized carbons (Fsp3) is 0.127. The number of fused-ring (bicyclic) bond motifs is 20. The standard InChI is InChI=1S/C63H46N4/c1-62(2,3)38-30-44(37-25-26-51-45(28-37)43-22-14-15-23-50(43)65(51)40-18-8-7-9-19-40)58-46(31-38)47-32-39(63(4,5)6)33-49-55-53(66(58)59(47)49)34-64-61-57(55)48-29-36-17-11-13-21-42(36)56-54-41-20-12-10-16-35(41)24-27-52(54)67(61)60(48)56/h7-34H,1-6H3. The lowest BCUT2D eigenvalue weighted by Crippen LogP contribution is -2.11. The minimum absolute atomic E-state index is 0.0807. The molecule has 6 aromatic heterocycles. The van der Waals surface area contributed by atoms with Gasteiger partial charge in [-0.2, -0.15) is 0 Å². The summed E-state index contributed by atoms with van der Waals surface area (Å²) in [7, 11) is 0. The van der Waals surface area contributed by atoms with Crippen LogP contribution < -0.4 is 0 Å². The number of benzene rings is 9. The summed E-state index contributed by atoms with van der Waals surface area (Å²) in [5.41, 5.74) is 15.7. The fourth-order valence-corrected chi connectivity index (χ4v) is 12.2. The molecular weight excluding hydrogens is 813 g/mol. The van der Waals surface area contributed by atoms with Crippen molar-refractivity contribution in [2.75, 3.05) is 0 Å². The highest BCUT2D eigenvalue weighted by Gasteiger charge is 2.30. The number of hydrogen-bond donors (Lipinski definition) is 0. The third kappa shape index (κ3) is 4.74. The SMILES string of the molecule is CC(C)(C)c1cc(-c2ccc3c(c2)c2ccccc2n3-c2ccccc2)c2c(c1)c1cc(C(C)(C)C)cc3c4c5c6cc7ccccc7c7c8c9ccccc9ccc8n(c5ncc4n2c13)c67. The predicted octanol–water partition coefficient (Wildman–Crippen LogP) is 17.0. The van der Waals surface area contributed by atoms with E-state index in [-0.39, 0.29) is 10.8 Å². The molecule has 0 unspecified atom stereocenters. The van der Waals surface area contributed by atoms with Gasteiger partial charge in [0.15, 0.2) is 0 Å². The van der Waals surface area contributed by atoms with Crippen molar-refractivity contribution < 1.29 is 0 Å². The van der Waals surface area contributed by atoms with E-state index in [0.717, 1.165) is 11.2 Å². The van der Waals surface area contributed by atoms with Gasteiger partial charge in [-0.3, -0.25) is 4.40 Å². The van der Waals surface area contributed by atoms with Crippen molar-refractivity contribution in [1.29, 1.82) is 0 Å². The molecule has 6 heterocycles. The van der Waals surface area contributed by atoms with E-state index < -0.39 is 0 Å². The molecule has 4 nitrogen and oxygen atoms in total. The third-order valence-corrected chi connectivity index (χ3v) is 15.4. The molecule has 0 N–H and O–H groups in total. The fourth-order valence-electron chi connectivity index (χ4n) is 12.2. The molecule has 67 heavy (non-hydrogen) atoms. The maximum atomic E-state index is 5.60. The van der Waals surface area contributed by atoms with Gasteiger partial charge in [0, 0.05) is 65.1 Å². The van der Waals surface area contributed by atoms with Crippen molar-refractivity contribution in [1.82, 2.24) is 18.4 Å². The smallest absolute Gasteiger partial charge is 0.146 e. The third-order valence-electron chi connectivity index (χ3n) is 15.4. The first kappa shape index (κ1) is 37.3. The zero-order valence-electron chi connectivity index (χ0n) is 38.5. The van der Waals surface area contributed by atoms with Crippen LogP contribution in [0.4, 0.5) is 0 Å². The molecule has 0 atom stereocenters. The van der Waals surface area contributed by atoms with E-state index in [0.29, 0.717) is 0 Å². The van der Waals surface area contributed by atoms with Gasteiger partial charge < -0.3 is 8.97 Å². The van der Waals surface area contributed by atoms with Crippen molar-refractivity contribution in [2.24, 2.45) is 0 Å². The Labute approximate surface area is 386 Å². The Morgan fingerprint density at radius 3 is 1.75 bits per heavy atom. The van der Waals surface area contributed by atoms with Crippen LogP contribution in [0, 0.1) is 0 Å². The van der Waals surface area contributed by atoms with Gasteiger partial charge in [-0.25, -0.2) is 4.98 Å². The summed E-state index contributed by atoms with van der Waals surface area (Å²) in [5, 5.41) is 17.8. The predicted molar refractivity (Wildman–Crippen MR) is 286 cm³/mol. The zero-order valence-corrected chi connectivity index (χ0v) is 38.5. The van der Waals surface area contributed by atoms with E-state index in [9.17, 15) is 0 Å². The summed E-state index contributed by atoms with van der Waals surface area (Å²) in [6, 6.07) is 61.6. The van der Waals surface area contributed by atoms with Gasteiger partial charge in [0.25, 0.3) is 0 Å². The number of pyridine rings is 1.